The van der Waals surface area contributed by atoms with Gasteiger partial charge in [0.05, 0.1) is 4.92 Å². The number of carbonyl (C=O) groups excluding carboxylic acids is 2. The van der Waals surface area contributed by atoms with Crippen molar-refractivity contribution in [1.82, 2.24) is 15.1 Å². The molecule has 2 atom stereocenters. The number of carbonyl (C=O) groups is 2. The summed E-state index contributed by atoms with van der Waals surface area (Å²) in [6, 6.07) is 7.22. The van der Waals surface area contributed by atoms with Crippen LogP contribution in [-0.4, -0.2) is 63.3 Å². The van der Waals surface area contributed by atoms with E-state index in [2.05, 4.69) is 10.2 Å². The number of nitro groups is 1. The van der Waals surface area contributed by atoms with Crippen molar-refractivity contribution in [3.63, 3.8) is 0 Å². The molecule has 34 heavy (non-hydrogen) atoms. The van der Waals surface area contributed by atoms with E-state index in [4.69, 9.17) is 5.73 Å². The summed E-state index contributed by atoms with van der Waals surface area (Å²) in [5, 5.41) is 14.2. The van der Waals surface area contributed by atoms with Gasteiger partial charge in [0.15, 0.2) is 0 Å². The molecule has 3 saturated carbocycles. The largest absolute Gasteiger partial charge is 0.352 e. The molecule has 0 aromatic heterocycles. The monoisotopic (exact) mass is 469 g/mol. The average molecular weight is 470 g/mol. The summed E-state index contributed by atoms with van der Waals surface area (Å²) in [5.41, 5.74) is 7.12. The minimum atomic E-state index is -0.424. The van der Waals surface area contributed by atoms with Gasteiger partial charge in [0.1, 0.15) is 6.04 Å². The van der Waals surface area contributed by atoms with Crippen molar-refractivity contribution in [2.75, 3.05) is 6.54 Å². The van der Waals surface area contributed by atoms with Crippen molar-refractivity contribution in [2.24, 2.45) is 11.7 Å². The van der Waals surface area contributed by atoms with Crippen molar-refractivity contribution in [1.29, 1.82) is 0 Å². The van der Waals surface area contributed by atoms with Gasteiger partial charge in [-0.25, -0.2) is 0 Å². The predicted molar refractivity (Wildman–Crippen MR) is 127 cm³/mol. The van der Waals surface area contributed by atoms with Gasteiger partial charge >= 0.3 is 0 Å². The summed E-state index contributed by atoms with van der Waals surface area (Å²) in [6.07, 6.45) is 8.34. The van der Waals surface area contributed by atoms with Crippen LogP contribution in [-0.2, 0) is 16.1 Å². The van der Waals surface area contributed by atoms with E-state index in [9.17, 15) is 19.7 Å². The Morgan fingerprint density at radius 1 is 1.03 bits per heavy atom. The Morgan fingerprint density at radius 2 is 1.71 bits per heavy atom. The molecule has 0 spiro atoms. The van der Waals surface area contributed by atoms with E-state index < -0.39 is 6.04 Å². The van der Waals surface area contributed by atoms with Crippen LogP contribution in [0.15, 0.2) is 24.3 Å². The highest BCUT2D eigenvalue weighted by Crippen LogP contribution is 2.38. The molecule has 3 aliphatic carbocycles. The van der Waals surface area contributed by atoms with E-state index in [1.54, 1.807) is 12.1 Å². The molecule has 1 aromatic carbocycles. The fraction of sp³-hybridized carbons (Fsp3) is 0.680. The first-order valence-electron chi connectivity index (χ1n) is 12.7. The van der Waals surface area contributed by atoms with E-state index in [0.717, 1.165) is 56.9 Å². The maximum Gasteiger partial charge on any atom is 0.269 e. The van der Waals surface area contributed by atoms with Crippen LogP contribution in [0, 0.1) is 16.0 Å². The lowest BCUT2D eigenvalue weighted by Gasteiger charge is -2.30. The number of hydrogen-bond acceptors (Lipinski definition) is 6. The highest BCUT2D eigenvalue weighted by molar-refractivity contribution is 5.90. The van der Waals surface area contributed by atoms with Gasteiger partial charge in [-0.2, -0.15) is 0 Å². The maximum atomic E-state index is 13.3. The lowest BCUT2D eigenvalue weighted by atomic mass is 9.91. The van der Waals surface area contributed by atoms with Gasteiger partial charge in [-0.3, -0.25) is 24.6 Å². The van der Waals surface area contributed by atoms with Crippen LogP contribution in [0.2, 0.25) is 0 Å². The Labute approximate surface area is 200 Å². The lowest BCUT2D eigenvalue weighted by molar-refractivity contribution is -0.384. The Bertz CT molecular complexity index is 922. The van der Waals surface area contributed by atoms with Gasteiger partial charge < -0.3 is 16.0 Å². The first-order valence-corrected chi connectivity index (χ1v) is 12.7. The Kier molecular flexibility index (Phi) is 6.57. The van der Waals surface area contributed by atoms with Crippen molar-refractivity contribution in [3.8, 4) is 0 Å². The number of amides is 2. The third-order valence-corrected chi connectivity index (χ3v) is 7.91. The fourth-order valence-corrected chi connectivity index (χ4v) is 5.57. The number of hydrogen-bond donors (Lipinski definition) is 2. The first kappa shape index (κ1) is 23.2. The number of benzene rings is 1. The number of nitrogens with one attached hydrogen (secondary N) is 1. The van der Waals surface area contributed by atoms with Gasteiger partial charge in [-0.1, -0.05) is 12.1 Å². The Hall–Kier alpha value is -2.52. The standard InChI is InChI=1S/C25H35N5O4/c26-18-5-7-19(8-6-18)27-24(31)23-13-22(15-29(23)25(32)17-3-4-17)28(20-11-12-20)14-16-1-9-21(10-2-16)30(33)34/h1-2,9-10,17-20,22-23H,3-8,11-15,26H2,(H,27,31). The van der Waals surface area contributed by atoms with Crippen LogP contribution in [0.25, 0.3) is 0 Å². The molecule has 2 amide bonds. The highest BCUT2D eigenvalue weighted by atomic mass is 16.6. The van der Waals surface area contributed by atoms with Crippen LogP contribution in [0.3, 0.4) is 0 Å². The van der Waals surface area contributed by atoms with Crippen LogP contribution in [0.4, 0.5) is 5.69 Å². The van der Waals surface area contributed by atoms with Gasteiger partial charge in [0.25, 0.3) is 5.69 Å². The van der Waals surface area contributed by atoms with Crippen molar-refractivity contribution in [2.45, 2.75) is 94.5 Å². The molecule has 4 fully saturated rings. The Balaban J connectivity index is 1.29. The van der Waals surface area contributed by atoms with E-state index >= 15 is 0 Å². The van der Waals surface area contributed by atoms with E-state index in [-0.39, 0.29) is 46.5 Å². The quantitative estimate of drug-likeness (QED) is 0.445. The molecule has 2 unspecified atom stereocenters. The van der Waals surface area contributed by atoms with Crippen LogP contribution in [0.5, 0.6) is 0 Å². The number of nitrogens with zero attached hydrogens (tertiary/aromatic N) is 3. The summed E-state index contributed by atoms with van der Waals surface area (Å²) >= 11 is 0. The topological polar surface area (TPSA) is 122 Å². The molecule has 3 N–H and O–H groups in total. The maximum absolute atomic E-state index is 13.3. The zero-order chi connectivity index (χ0) is 23.8. The van der Waals surface area contributed by atoms with Crippen LogP contribution in [0.1, 0.15) is 63.4 Å². The molecule has 0 radical (unpaired) electrons. The van der Waals surface area contributed by atoms with E-state index in [1.165, 1.54) is 0 Å². The van der Waals surface area contributed by atoms with E-state index in [0.29, 0.717) is 25.6 Å². The lowest BCUT2D eigenvalue weighted by Crippen LogP contribution is -2.50. The second kappa shape index (κ2) is 9.62. The molecule has 5 rings (SSSR count). The number of rotatable bonds is 8. The molecule has 9 nitrogen and oxygen atoms in total. The highest BCUT2D eigenvalue weighted by Gasteiger charge is 2.48. The third kappa shape index (κ3) is 5.25. The zero-order valence-electron chi connectivity index (χ0n) is 19.6. The molecule has 1 aliphatic heterocycles. The smallest absolute Gasteiger partial charge is 0.269 e. The van der Waals surface area contributed by atoms with Crippen LogP contribution >= 0.6 is 0 Å². The summed E-state index contributed by atoms with van der Waals surface area (Å²) in [6.45, 7) is 1.25. The molecular weight excluding hydrogens is 434 g/mol. The minimum absolute atomic E-state index is 0.0249. The van der Waals surface area contributed by atoms with Crippen molar-refractivity contribution < 1.29 is 14.5 Å². The molecule has 1 saturated heterocycles. The normalized spacial score (nSPS) is 29.3. The van der Waals surface area contributed by atoms with Crippen molar-refractivity contribution in [3.05, 3.63) is 39.9 Å². The van der Waals surface area contributed by atoms with Crippen LogP contribution < -0.4 is 11.1 Å². The SMILES string of the molecule is NC1CCC(NC(=O)C2CC(N(Cc3ccc([N+](=O)[O-])cc3)C3CC3)CN2C(=O)C2CC2)CC1. The van der Waals surface area contributed by atoms with Gasteiger partial charge in [0, 0.05) is 55.3 Å². The minimum Gasteiger partial charge on any atom is -0.352 e. The second-order valence-corrected chi connectivity index (χ2v) is 10.6. The molecular formula is C25H35N5O4. The molecule has 9 heteroatoms. The number of non-ortho nitro benzene ring substituents is 1. The van der Waals surface area contributed by atoms with Gasteiger partial charge in [0.2, 0.25) is 11.8 Å². The fourth-order valence-electron chi connectivity index (χ4n) is 5.57. The summed E-state index contributed by atoms with van der Waals surface area (Å²) in [4.78, 5) is 41.3. The van der Waals surface area contributed by atoms with Gasteiger partial charge in [-0.05, 0) is 63.4 Å². The summed E-state index contributed by atoms with van der Waals surface area (Å²) in [7, 11) is 0. The molecule has 184 valence electrons. The average Bonchev–Trinajstić information content (AvgIpc) is 3.76. The molecule has 1 heterocycles. The number of nitro benzene ring substituents is 1. The number of nitrogens with two attached hydrogens (primary N) is 1. The predicted octanol–water partition coefficient (Wildman–Crippen LogP) is 2.32. The molecule has 1 aromatic rings. The summed E-state index contributed by atoms with van der Waals surface area (Å²) in [5.74, 6) is 0.174. The first-order chi connectivity index (χ1) is 16.4. The van der Waals surface area contributed by atoms with Gasteiger partial charge in [-0.15, -0.1) is 0 Å². The third-order valence-electron chi connectivity index (χ3n) is 7.91. The van der Waals surface area contributed by atoms with E-state index in [1.807, 2.05) is 17.0 Å². The second-order valence-electron chi connectivity index (χ2n) is 10.6. The zero-order valence-corrected chi connectivity index (χ0v) is 19.6. The summed E-state index contributed by atoms with van der Waals surface area (Å²) < 4.78 is 0. The van der Waals surface area contributed by atoms with Crippen molar-refractivity contribution >= 4 is 17.5 Å². The Morgan fingerprint density at radius 3 is 2.29 bits per heavy atom. The molecule has 0 bridgehead atoms. The number of likely N-dealkylation sites (tertiary alicyclic amines) is 1. The molecule has 4 aliphatic rings.